The van der Waals surface area contributed by atoms with Gasteiger partial charge in [-0.3, -0.25) is 19.7 Å². The largest absolute Gasteiger partial charge is 0.450 e. The predicted octanol–water partition coefficient (Wildman–Crippen LogP) is 7.75. The fourth-order valence-corrected chi connectivity index (χ4v) is 4.76. The zero-order valence-corrected chi connectivity index (χ0v) is 25.6. The van der Waals surface area contributed by atoms with Crippen LogP contribution in [0, 0.1) is 17.0 Å². The number of nitro benzene ring substituents is 1. The summed E-state index contributed by atoms with van der Waals surface area (Å²) in [5.74, 6) is 0.254. The number of carbonyl (C=O) groups is 1. The molecular weight excluding hydrogens is 570 g/mol. The van der Waals surface area contributed by atoms with Crippen molar-refractivity contribution in [2.75, 3.05) is 10.6 Å². The van der Waals surface area contributed by atoms with E-state index >= 15 is 0 Å². The SMILES string of the molecule is Cc1c(NC(=O)c2ccc(C(C)(C)C)cc2)cccc1-c1cn(C)c(=O)c(Nc2ccc(Oc3ccccc3)c([N+](=O)[O-])c2)n1. The minimum atomic E-state index is -0.548. The Morgan fingerprint density at radius 3 is 2.33 bits per heavy atom. The summed E-state index contributed by atoms with van der Waals surface area (Å²) in [7, 11) is 1.60. The molecule has 10 heteroatoms. The van der Waals surface area contributed by atoms with Crippen molar-refractivity contribution >= 4 is 28.8 Å². The minimum absolute atomic E-state index is 0.0196. The number of rotatable bonds is 8. The first-order chi connectivity index (χ1) is 21.4. The zero-order chi connectivity index (χ0) is 32.3. The van der Waals surface area contributed by atoms with E-state index in [9.17, 15) is 19.7 Å². The predicted molar refractivity (Wildman–Crippen MR) is 176 cm³/mol. The number of ether oxygens (including phenoxy) is 1. The highest BCUT2D eigenvalue weighted by Crippen LogP contribution is 2.35. The molecule has 0 radical (unpaired) electrons. The van der Waals surface area contributed by atoms with Crippen molar-refractivity contribution in [3.63, 3.8) is 0 Å². The molecule has 0 bridgehead atoms. The zero-order valence-electron chi connectivity index (χ0n) is 25.6. The van der Waals surface area contributed by atoms with Crippen molar-refractivity contribution in [1.29, 1.82) is 0 Å². The first-order valence-electron chi connectivity index (χ1n) is 14.3. The Morgan fingerprint density at radius 2 is 1.67 bits per heavy atom. The van der Waals surface area contributed by atoms with E-state index in [0.717, 1.165) is 11.1 Å². The van der Waals surface area contributed by atoms with Gasteiger partial charge in [0.15, 0.2) is 5.82 Å². The normalized spacial score (nSPS) is 11.1. The number of hydrogen-bond donors (Lipinski definition) is 2. The van der Waals surface area contributed by atoms with Gasteiger partial charge < -0.3 is 19.9 Å². The molecule has 0 atom stereocenters. The summed E-state index contributed by atoms with van der Waals surface area (Å²) < 4.78 is 7.10. The van der Waals surface area contributed by atoms with Crippen LogP contribution in [0.25, 0.3) is 11.3 Å². The molecule has 1 heterocycles. The van der Waals surface area contributed by atoms with E-state index in [2.05, 4.69) is 36.4 Å². The number of nitrogens with one attached hydrogen (secondary N) is 2. The summed E-state index contributed by atoms with van der Waals surface area (Å²) in [5, 5.41) is 17.8. The Bertz CT molecular complexity index is 1950. The molecule has 45 heavy (non-hydrogen) atoms. The lowest BCUT2D eigenvalue weighted by Gasteiger charge is -2.19. The van der Waals surface area contributed by atoms with Crippen molar-refractivity contribution in [1.82, 2.24) is 9.55 Å². The molecule has 0 saturated carbocycles. The van der Waals surface area contributed by atoms with Crippen molar-refractivity contribution < 1.29 is 14.5 Å². The molecule has 0 aliphatic rings. The molecule has 0 unspecified atom stereocenters. The van der Waals surface area contributed by atoms with Gasteiger partial charge in [0.2, 0.25) is 5.75 Å². The van der Waals surface area contributed by atoms with E-state index in [-0.39, 0.29) is 28.6 Å². The fraction of sp³-hybridized carbons (Fsp3) is 0.171. The van der Waals surface area contributed by atoms with Crippen LogP contribution in [0.1, 0.15) is 42.3 Å². The third-order valence-corrected chi connectivity index (χ3v) is 7.33. The number of aryl methyl sites for hydroxylation is 1. The number of benzene rings is 4. The van der Waals surface area contributed by atoms with E-state index in [4.69, 9.17) is 4.74 Å². The maximum atomic E-state index is 13.1. The molecule has 5 aromatic rings. The highest BCUT2D eigenvalue weighted by atomic mass is 16.6. The number of hydrogen-bond acceptors (Lipinski definition) is 7. The van der Waals surface area contributed by atoms with E-state index in [1.807, 2.05) is 43.3 Å². The molecule has 0 fully saturated rings. The van der Waals surface area contributed by atoms with Crippen molar-refractivity contribution in [2.45, 2.75) is 33.1 Å². The van der Waals surface area contributed by atoms with Gasteiger partial charge in [0.1, 0.15) is 5.75 Å². The maximum absolute atomic E-state index is 13.1. The molecule has 10 nitrogen and oxygen atoms in total. The van der Waals surface area contributed by atoms with E-state index in [1.54, 1.807) is 55.7 Å². The Balaban J connectivity index is 1.42. The first-order valence-corrected chi connectivity index (χ1v) is 14.3. The quantitative estimate of drug-likeness (QED) is 0.137. The van der Waals surface area contributed by atoms with Gasteiger partial charge in [-0.2, -0.15) is 0 Å². The van der Waals surface area contributed by atoms with Crippen LogP contribution < -0.4 is 20.9 Å². The molecule has 0 aliphatic carbocycles. The summed E-state index contributed by atoms with van der Waals surface area (Å²) in [6.45, 7) is 8.22. The van der Waals surface area contributed by atoms with Crippen molar-refractivity contribution in [2.24, 2.45) is 7.05 Å². The van der Waals surface area contributed by atoms with Gasteiger partial charge in [-0.05, 0) is 65.9 Å². The van der Waals surface area contributed by atoms with Crippen LogP contribution in [-0.2, 0) is 12.5 Å². The van der Waals surface area contributed by atoms with Gasteiger partial charge in [0.05, 0.1) is 10.6 Å². The van der Waals surface area contributed by atoms with Crippen LogP contribution in [-0.4, -0.2) is 20.4 Å². The topological polar surface area (TPSA) is 128 Å². The van der Waals surface area contributed by atoms with Crippen molar-refractivity contribution in [3.05, 3.63) is 134 Å². The van der Waals surface area contributed by atoms with Crippen LogP contribution in [0.15, 0.2) is 102 Å². The van der Waals surface area contributed by atoms with E-state index in [0.29, 0.717) is 33.9 Å². The molecule has 0 aliphatic heterocycles. The third-order valence-electron chi connectivity index (χ3n) is 7.33. The molecule has 0 saturated heterocycles. The molecule has 228 valence electrons. The highest BCUT2D eigenvalue weighted by Gasteiger charge is 2.20. The smallest absolute Gasteiger partial charge is 0.313 e. The Labute approximate surface area is 260 Å². The molecule has 1 aromatic heterocycles. The lowest BCUT2D eigenvalue weighted by atomic mass is 9.86. The number of nitro groups is 1. The second kappa shape index (κ2) is 12.5. The molecule has 2 N–H and O–H groups in total. The van der Waals surface area contributed by atoms with Gasteiger partial charge >= 0.3 is 5.69 Å². The molecular formula is C35H33N5O5. The summed E-state index contributed by atoms with van der Waals surface area (Å²) >= 11 is 0. The second-order valence-corrected chi connectivity index (χ2v) is 11.6. The molecule has 1 amide bonds. The number of nitrogens with zero attached hydrogens (tertiary/aromatic N) is 3. The Kier molecular flexibility index (Phi) is 8.49. The lowest BCUT2D eigenvalue weighted by molar-refractivity contribution is -0.385. The molecule has 0 spiro atoms. The summed E-state index contributed by atoms with van der Waals surface area (Å²) in [6.07, 6.45) is 1.60. The maximum Gasteiger partial charge on any atom is 0.313 e. The van der Waals surface area contributed by atoms with Gasteiger partial charge in [-0.1, -0.05) is 63.2 Å². The summed E-state index contributed by atoms with van der Waals surface area (Å²) in [6, 6.07) is 26.1. The monoisotopic (exact) mass is 603 g/mol. The van der Waals surface area contributed by atoms with Crippen molar-refractivity contribution in [3.8, 4) is 22.8 Å². The second-order valence-electron chi connectivity index (χ2n) is 11.6. The fourth-order valence-electron chi connectivity index (χ4n) is 4.76. The number of para-hydroxylation sites is 1. The van der Waals surface area contributed by atoms with Crippen LogP contribution >= 0.6 is 0 Å². The van der Waals surface area contributed by atoms with Gasteiger partial charge in [-0.15, -0.1) is 0 Å². The third kappa shape index (κ3) is 6.91. The van der Waals surface area contributed by atoms with E-state index < -0.39 is 10.5 Å². The summed E-state index contributed by atoms with van der Waals surface area (Å²) in [5.41, 5.74) is 3.77. The minimum Gasteiger partial charge on any atom is -0.450 e. The molecule has 4 aromatic carbocycles. The van der Waals surface area contributed by atoms with Crippen LogP contribution in [0.4, 0.5) is 22.9 Å². The number of carbonyl (C=O) groups excluding carboxylic acids is 1. The average molecular weight is 604 g/mol. The molecule has 5 rings (SSSR count). The summed E-state index contributed by atoms with van der Waals surface area (Å²) in [4.78, 5) is 42.0. The highest BCUT2D eigenvalue weighted by molar-refractivity contribution is 6.05. The number of amides is 1. The van der Waals surface area contributed by atoms with Gasteiger partial charge in [-0.25, -0.2) is 4.98 Å². The standard InChI is InChI=1S/C35H33N5O5/c1-22-27(12-9-13-28(22)38-33(41)23-14-16-24(17-15-23)35(2,3)4)29-21-39(5)34(42)32(37-29)36-25-18-19-31(30(20-25)40(43)44)45-26-10-7-6-8-11-26/h6-21H,1-5H3,(H,36,37)(H,38,41). The Morgan fingerprint density at radius 1 is 0.956 bits per heavy atom. The Hall–Kier alpha value is -5.77. The lowest BCUT2D eigenvalue weighted by Crippen LogP contribution is -2.21. The average Bonchev–Trinajstić information content (AvgIpc) is 3.01. The first kappa shape index (κ1) is 30.7. The van der Waals surface area contributed by atoms with E-state index in [1.165, 1.54) is 16.7 Å². The van der Waals surface area contributed by atoms with Crippen LogP contribution in [0.2, 0.25) is 0 Å². The van der Waals surface area contributed by atoms with Crippen LogP contribution in [0.5, 0.6) is 11.5 Å². The van der Waals surface area contributed by atoms with Crippen LogP contribution in [0.3, 0.4) is 0 Å². The number of aromatic nitrogens is 2. The van der Waals surface area contributed by atoms with Gasteiger partial charge in [0.25, 0.3) is 11.5 Å². The van der Waals surface area contributed by atoms with Gasteiger partial charge in [0, 0.05) is 41.8 Å². The number of anilines is 3.